The zero-order valence-corrected chi connectivity index (χ0v) is 18.9. The van der Waals surface area contributed by atoms with Gasteiger partial charge in [-0.1, -0.05) is 50.2 Å². The van der Waals surface area contributed by atoms with E-state index in [0.29, 0.717) is 37.3 Å². The molecule has 2 N–H and O–H groups in total. The van der Waals surface area contributed by atoms with Gasteiger partial charge < -0.3 is 15.5 Å². The molecule has 1 aliphatic rings. The fourth-order valence-corrected chi connectivity index (χ4v) is 3.55. The molecule has 0 aromatic heterocycles. The summed E-state index contributed by atoms with van der Waals surface area (Å²) in [5, 5.41) is 5.87. The normalized spacial score (nSPS) is 14.6. The first-order chi connectivity index (χ1) is 15.3. The van der Waals surface area contributed by atoms with Crippen LogP contribution in [0.25, 0.3) is 6.08 Å². The van der Waals surface area contributed by atoms with Crippen LogP contribution in [-0.2, 0) is 14.4 Å². The molecule has 1 aliphatic heterocycles. The Kier molecular flexibility index (Phi) is 7.82. The maximum atomic E-state index is 12.8. The van der Waals surface area contributed by atoms with E-state index < -0.39 is 0 Å². The number of likely N-dealkylation sites (tertiary alicyclic amines) is 1. The van der Waals surface area contributed by atoms with Gasteiger partial charge >= 0.3 is 0 Å². The lowest BCUT2D eigenvalue weighted by Gasteiger charge is -2.30. The molecule has 3 amide bonds. The van der Waals surface area contributed by atoms with Crippen molar-refractivity contribution >= 4 is 35.2 Å². The second-order valence-electron chi connectivity index (χ2n) is 8.51. The van der Waals surface area contributed by atoms with Crippen LogP contribution in [0.1, 0.15) is 37.8 Å². The van der Waals surface area contributed by atoms with Gasteiger partial charge in [-0.15, -0.1) is 0 Å². The van der Waals surface area contributed by atoms with Gasteiger partial charge in [0.1, 0.15) is 0 Å². The van der Waals surface area contributed by atoms with Gasteiger partial charge in [0.2, 0.25) is 17.7 Å². The molecular weight excluding hydrogens is 402 g/mol. The van der Waals surface area contributed by atoms with Crippen LogP contribution < -0.4 is 10.6 Å². The molecule has 0 radical (unpaired) electrons. The van der Waals surface area contributed by atoms with Crippen LogP contribution in [0.5, 0.6) is 0 Å². The number of benzene rings is 2. The molecule has 6 nitrogen and oxygen atoms in total. The van der Waals surface area contributed by atoms with E-state index in [9.17, 15) is 14.4 Å². The molecule has 32 heavy (non-hydrogen) atoms. The van der Waals surface area contributed by atoms with Gasteiger partial charge in [-0.25, -0.2) is 0 Å². The first-order valence-electron chi connectivity index (χ1n) is 11.1. The molecule has 1 saturated heterocycles. The molecule has 0 bridgehead atoms. The minimum Gasteiger partial charge on any atom is -0.339 e. The Hall–Kier alpha value is -3.41. The minimum absolute atomic E-state index is 0.0304. The molecule has 168 valence electrons. The SMILES string of the molecule is Cc1ccc(NC(=O)C(C)C)cc1NC(=O)C1CCN(C(=O)/C=C/c2ccccc2)CC1. The van der Waals surface area contributed by atoms with E-state index in [1.807, 2.05) is 69.3 Å². The van der Waals surface area contributed by atoms with Gasteiger partial charge in [0.25, 0.3) is 0 Å². The molecule has 6 heteroatoms. The zero-order valence-electron chi connectivity index (χ0n) is 18.9. The molecule has 0 unspecified atom stereocenters. The zero-order chi connectivity index (χ0) is 23.1. The number of aryl methyl sites for hydroxylation is 1. The molecule has 0 atom stereocenters. The Bertz CT molecular complexity index is 991. The molecule has 0 aliphatic carbocycles. The van der Waals surface area contributed by atoms with E-state index in [-0.39, 0.29) is 29.6 Å². The Morgan fingerprint density at radius 2 is 1.69 bits per heavy atom. The first kappa shape index (κ1) is 23.3. The second kappa shape index (κ2) is 10.8. The highest BCUT2D eigenvalue weighted by Gasteiger charge is 2.27. The third-order valence-corrected chi connectivity index (χ3v) is 5.68. The summed E-state index contributed by atoms with van der Waals surface area (Å²) in [6.07, 6.45) is 4.66. The van der Waals surface area contributed by atoms with Crippen LogP contribution in [0.4, 0.5) is 11.4 Å². The Morgan fingerprint density at radius 3 is 2.34 bits per heavy atom. The summed E-state index contributed by atoms with van der Waals surface area (Å²) >= 11 is 0. The maximum Gasteiger partial charge on any atom is 0.246 e. The van der Waals surface area contributed by atoms with E-state index in [0.717, 1.165) is 11.1 Å². The van der Waals surface area contributed by atoms with Crippen molar-refractivity contribution < 1.29 is 14.4 Å². The van der Waals surface area contributed by atoms with Crippen LogP contribution in [-0.4, -0.2) is 35.7 Å². The molecule has 3 rings (SSSR count). The molecule has 0 spiro atoms. The summed E-state index contributed by atoms with van der Waals surface area (Å²) in [6, 6.07) is 15.2. The minimum atomic E-state index is -0.148. The highest BCUT2D eigenvalue weighted by molar-refractivity contribution is 5.96. The van der Waals surface area contributed by atoms with Gasteiger partial charge in [-0.2, -0.15) is 0 Å². The van der Waals surface area contributed by atoms with Crippen LogP contribution in [0, 0.1) is 18.8 Å². The average Bonchev–Trinajstić information content (AvgIpc) is 2.80. The van der Waals surface area contributed by atoms with E-state index in [2.05, 4.69) is 10.6 Å². The van der Waals surface area contributed by atoms with Gasteiger partial charge in [0.15, 0.2) is 0 Å². The van der Waals surface area contributed by atoms with E-state index in [1.165, 1.54) is 0 Å². The Morgan fingerprint density at radius 1 is 1.00 bits per heavy atom. The lowest BCUT2D eigenvalue weighted by atomic mass is 9.95. The fraction of sp³-hybridized carbons (Fsp3) is 0.346. The smallest absolute Gasteiger partial charge is 0.246 e. The van der Waals surface area contributed by atoms with Crippen molar-refractivity contribution in [2.75, 3.05) is 23.7 Å². The number of piperidine rings is 1. The highest BCUT2D eigenvalue weighted by atomic mass is 16.2. The standard InChI is InChI=1S/C26H31N3O3/c1-18(2)25(31)27-22-11-9-19(3)23(17-22)28-26(32)21-13-15-29(16-14-21)24(30)12-10-20-7-5-4-6-8-20/h4-12,17-18,21H,13-16H2,1-3H3,(H,27,31)(H,28,32)/b12-10+. The quantitative estimate of drug-likeness (QED) is 0.660. The van der Waals surface area contributed by atoms with Crippen molar-refractivity contribution in [2.45, 2.75) is 33.6 Å². The predicted molar refractivity (Wildman–Crippen MR) is 128 cm³/mol. The van der Waals surface area contributed by atoms with Crippen molar-refractivity contribution in [1.82, 2.24) is 4.90 Å². The summed E-state index contributed by atoms with van der Waals surface area (Å²) in [4.78, 5) is 39.0. The number of nitrogens with one attached hydrogen (secondary N) is 2. The molecule has 2 aromatic rings. The third-order valence-electron chi connectivity index (χ3n) is 5.68. The first-order valence-corrected chi connectivity index (χ1v) is 11.1. The van der Waals surface area contributed by atoms with Crippen molar-refractivity contribution in [2.24, 2.45) is 11.8 Å². The van der Waals surface area contributed by atoms with Crippen molar-refractivity contribution in [3.63, 3.8) is 0 Å². The largest absolute Gasteiger partial charge is 0.339 e. The number of carbonyl (C=O) groups excluding carboxylic acids is 3. The summed E-state index contributed by atoms with van der Waals surface area (Å²) in [6.45, 7) is 6.70. The van der Waals surface area contributed by atoms with E-state index >= 15 is 0 Å². The molecular formula is C26H31N3O3. The summed E-state index contributed by atoms with van der Waals surface area (Å²) in [5.74, 6) is -0.413. The number of amides is 3. The van der Waals surface area contributed by atoms with Crippen LogP contribution in [0.2, 0.25) is 0 Å². The number of anilines is 2. The van der Waals surface area contributed by atoms with Crippen molar-refractivity contribution in [1.29, 1.82) is 0 Å². The summed E-state index contributed by atoms with van der Waals surface area (Å²) < 4.78 is 0. The van der Waals surface area contributed by atoms with Gasteiger partial charge in [-0.3, -0.25) is 14.4 Å². The Balaban J connectivity index is 1.54. The van der Waals surface area contributed by atoms with Gasteiger partial charge in [0.05, 0.1) is 0 Å². The van der Waals surface area contributed by atoms with E-state index in [1.54, 1.807) is 17.0 Å². The average molecular weight is 434 g/mol. The van der Waals surface area contributed by atoms with Crippen molar-refractivity contribution in [3.05, 3.63) is 65.7 Å². The summed E-state index contributed by atoms with van der Waals surface area (Å²) in [7, 11) is 0. The summed E-state index contributed by atoms with van der Waals surface area (Å²) in [5.41, 5.74) is 3.27. The predicted octanol–water partition coefficient (Wildman–Crippen LogP) is 4.48. The highest BCUT2D eigenvalue weighted by Crippen LogP contribution is 2.24. The lowest BCUT2D eigenvalue weighted by Crippen LogP contribution is -2.40. The van der Waals surface area contributed by atoms with Crippen LogP contribution >= 0.6 is 0 Å². The Labute approximate surface area is 189 Å². The molecule has 0 saturated carbocycles. The van der Waals surface area contributed by atoms with E-state index in [4.69, 9.17) is 0 Å². The third kappa shape index (κ3) is 6.30. The van der Waals surface area contributed by atoms with Crippen LogP contribution in [0.15, 0.2) is 54.6 Å². The lowest BCUT2D eigenvalue weighted by molar-refractivity contribution is -0.130. The van der Waals surface area contributed by atoms with Crippen molar-refractivity contribution in [3.8, 4) is 0 Å². The number of nitrogens with zero attached hydrogens (tertiary/aromatic N) is 1. The van der Waals surface area contributed by atoms with Gasteiger partial charge in [0, 0.05) is 42.4 Å². The van der Waals surface area contributed by atoms with Gasteiger partial charge in [-0.05, 0) is 49.1 Å². The second-order valence-corrected chi connectivity index (χ2v) is 8.51. The molecule has 1 heterocycles. The molecule has 1 fully saturated rings. The monoisotopic (exact) mass is 433 g/mol. The van der Waals surface area contributed by atoms with Crippen LogP contribution in [0.3, 0.4) is 0 Å². The number of hydrogen-bond acceptors (Lipinski definition) is 3. The molecule has 2 aromatic carbocycles. The maximum absolute atomic E-state index is 12.8. The fourth-order valence-electron chi connectivity index (χ4n) is 3.55. The number of carbonyl (C=O) groups is 3. The topological polar surface area (TPSA) is 78.5 Å². The number of rotatable bonds is 6. The number of hydrogen-bond donors (Lipinski definition) is 2.